The van der Waals surface area contributed by atoms with Gasteiger partial charge in [0.15, 0.2) is 0 Å². The van der Waals surface area contributed by atoms with Gasteiger partial charge in [-0.3, -0.25) is 0 Å². The van der Waals surface area contributed by atoms with Crippen LogP contribution in [-0.4, -0.2) is 15.9 Å². The van der Waals surface area contributed by atoms with E-state index in [1.54, 1.807) is 0 Å². The highest BCUT2D eigenvalue weighted by atomic mass is 16.1. The largest absolute Gasteiger partial charge is 0.317 e. The number of rotatable bonds is 12. The molecule has 5 nitrogen and oxygen atoms in total. The van der Waals surface area contributed by atoms with E-state index in [0.717, 1.165) is 73.3 Å². The predicted octanol–water partition coefficient (Wildman–Crippen LogP) is 17.5. The lowest BCUT2D eigenvalue weighted by atomic mass is 10.0. The van der Waals surface area contributed by atoms with Crippen LogP contribution in [0.5, 0.6) is 0 Å². The summed E-state index contributed by atoms with van der Waals surface area (Å²) in [6.07, 6.45) is 10.7. The molecule has 11 aromatic rings. The molecule has 0 aliphatic carbocycles. The summed E-state index contributed by atoms with van der Waals surface area (Å²) in [6.45, 7) is 10.2. The molecular formula is C65H52N4O. The van der Waals surface area contributed by atoms with Crippen LogP contribution in [-0.2, 0) is 4.79 Å². The van der Waals surface area contributed by atoms with Crippen LogP contribution in [0.2, 0.25) is 0 Å². The summed E-state index contributed by atoms with van der Waals surface area (Å²) in [4.78, 5) is 12.6. The fraction of sp³-hybridized carbons (Fsp3) is 0.0308. The van der Waals surface area contributed by atoms with Gasteiger partial charge in [0, 0.05) is 67.7 Å². The topological polar surface area (TPSA) is 33.4 Å². The summed E-state index contributed by atoms with van der Waals surface area (Å²) in [5.74, 6) is 0. The first kappa shape index (κ1) is 44.6. The van der Waals surface area contributed by atoms with Crippen LogP contribution >= 0.6 is 0 Å². The van der Waals surface area contributed by atoms with Gasteiger partial charge in [-0.2, -0.15) is 0 Å². The molecule has 9 aromatic carbocycles. The Balaban J connectivity index is 0.00000280. The van der Waals surface area contributed by atoms with E-state index in [1.165, 1.54) is 32.8 Å². The number of carbonyl (C=O) groups is 1. The van der Waals surface area contributed by atoms with Crippen LogP contribution in [0.4, 0.5) is 28.4 Å². The zero-order valence-electron chi connectivity index (χ0n) is 39.4. The lowest BCUT2D eigenvalue weighted by Gasteiger charge is -2.26. The van der Waals surface area contributed by atoms with E-state index < -0.39 is 0 Å². The lowest BCUT2D eigenvalue weighted by Crippen LogP contribution is -2.09. The first-order valence-corrected chi connectivity index (χ1v) is 23.5. The number of anilines is 5. The second kappa shape index (κ2) is 20.0. The summed E-state index contributed by atoms with van der Waals surface area (Å²) in [7, 11) is 0. The highest BCUT2D eigenvalue weighted by Gasteiger charge is 2.19. The Bertz CT molecular complexity index is 3640. The van der Waals surface area contributed by atoms with E-state index in [0.29, 0.717) is 0 Å². The Labute approximate surface area is 410 Å². The number of hydrogen-bond donors (Lipinski definition) is 0. The van der Waals surface area contributed by atoms with E-state index in [-0.39, 0.29) is 0 Å². The first-order valence-electron chi connectivity index (χ1n) is 23.5. The zero-order valence-corrected chi connectivity index (χ0v) is 39.4. The molecule has 0 amide bonds. The fourth-order valence-corrected chi connectivity index (χ4v) is 9.59. The molecule has 11 rings (SSSR count). The maximum absolute atomic E-state index is 8.00. The highest BCUT2D eigenvalue weighted by Crippen LogP contribution is 2.41. The number of aromatic nitrogens is 2. The van der Waals surface area contributed by atoms with Crippen molar-refractivity contribution < 1.29 is 4.79 Å². The Morgan fingerprint density at radius 2 is 0.929 bits per heavy atom. The van der Waals surface area contributed by atoms with Gasteiger partial charge >= 0.3 is 0 Å². The third kappa shape index (κ3) is 8.53. The van der Waals surface area contributed by atoms with E-state index in [1.807, 2.05) is 12.9 Å². The Morgan fingerprint density at radius 1 is 0.443 bits per heavy atom. The molecule has 0 saturated heterocycles. The third-order valence-electron chi connectivity index (χ3n) is 12.9. The van der Waals surface area contributed by atoms with Crippen molar-refractivity contribution in [1.29, 1.82) is 0 Å². The van der Waals surface area contributed by atoms with Gasteiger partial charge in [0.25, 0.3) is 0 Å². The van der Waals surface area contributed by atoms with E-state index >= 15 is 0 Å². The molecule has 0 bridgehead atoms. The zero-order chi connectivity index (χ0) is 48.0. The molecular weight excluding hydrogens is 853 g/mol. The van der Waals surface area contributed by atoms with Gasteiger partial charge < -0.3 is 23.7 Å². The maximum atomic E-state index is 8.00. The Kier molecular flexibility index (Phi) is 12.7. The normalized spacial score (nSPS) is 11.3. The second-order valence-corrected chi connectivity index (χ2v) is 17.1. The van der Waals surface area contributed by atoms with Crippen LogP contribution < -0.4 is 9.80 Å². The van der Waals surface area contributed by atoms with Gasteiger partial charge in [0.1, 0.15) is 6.79 Å². The SMILES string of the molecule is C=Cc1ccc(-n2c(/C=C\C)c(/C=C/N(c3ccccc3)c3ccc(-c4ccc(N(c5ccccc5)c5ccc6c(c5)c5ccccc5n6-c5ccc(C)cc5)cc4)cc3)c3ccccc32)cc1.C=O. The smallest absolute Gasteiger partial charge is 0.106 e. The maximum Gasteiger partial charge on any atom is 0.106 e. The van der Waals surface area contributed by atoms with Crippen LogP contribution in [0.3, 0.4) is 0 Å². The van der Waals surface area contributed by atoms with Crippen molar-refractivity contribution in [2.75, 3.05) is 9.80 Å². The number of nitrogens with zero attached hydrogens (tertiary/aromatic N) is 4. The molecule has 5 heteroatoms. The minimum absolute atomic E-state index is 1.07. The van der Waals surface area contributed by atoms with E-state index in [4.69, 9.17) is 4.79 Å². The minimum atomic E-state index is 1.07. The number of aryl methyl sites for hydroxylation is 1. The van der Waals surface area contributed by atoms with Crippen molar-refractivity contribution in [2.24, 2.45) is 0 Å². The number of carbonyl (C=O) groups excluding carboxylic acids is 1. The third-order valence-corrected chi connectivity index (χ3v) is 12.9. The summed E-state index contributed by atoms with van der Waals surface area (Å²) in [6, 6.07) is 80.7. The van der Waals surface area contributed by atoms with Gasteiger partial charge in [-0.1, -0.05) is 146 Å². The summed E-state index contributed by atoms with van der Waals surface area (Å²) in [5.41, 5.74) is 18.2. The molecule has 70 heavy (non-hydrogen) atoms. The average molecular weight is 905 g/mol. The van der Waals surface area contributed by atoms with Gasteiger partial charge in [0.2, 0.25) is 0 Å². The van der Waals surface area contributed by atoms with E-state index in [9.17, 15) is 0 Å². The molecule has 0 aliphatic rings. The molecule has 338 valence electrons. The van der Waals surface area contributed by atoms with Crippen molar-refractivity contribution in [3.63, 3.8) is 0 Å². The van der Waals surface area contributed by atoms with Crippen LogP contribution in [0.15, 0.2) is 243 Å². The van der Waals surface area contributed by atoms with E-state index in [2.05, 4.69) is 288 Å². The quantitative estimate of drug-likeness (QED) is 0.122. The summed E-state index contributed by atoms with van der Waals surface area (Å²) >= 11 is 0. The Hall–Kier alpha value is -9.19. The fourth-order valence-electron chi connectivity index (χ4n) is 9.59. The van der Waals surface area contributed by atoms with Gasteiger partial charge in [-0.15, -0.1) is 0 Å². The number of hydrogen-bond acceptors (Lipinski definition) is 3. The van der Waals surface area contributed by atoms with Crippen molar-refractivity contribution in [3.8, 4) is 22.5 Å². The van der Waals surface area contributed by atoms with Gasteiger partial charge in [-0.05, 0) is 146 Å². The molecule has 0 fully saturated rings. The molecule has 0 spiro atoms. The second-order valence-electron chi connectivity index (χ2n) is 17.1. The number of para-hydroxylation sites is 4. The van der Waals surface area contributed by atoms with Crippen molar-refractivity contribution >= 4 is 86.2 Å². The van der Waals surface area contributed by atoms with Gasteiger partial charge in [-0.25, -0.2) is 0 Å². The molecule has 0 radical (unpaired) electrons. The summed E-state index contributed by atoms with van der Waals surface area (Å²) in [5, 5.41) is 3.64. The minimum Gasteiger partial charge on any atom is -0.317 e. The highest BCUT2D eigenvalue weighted by molar-refractivity contribution is 6.10. The molecule has 0 atom stereocenters. The molecule has 0 saturated carbocycles. The number of benzene rings is 9. The summed E-state index contributed by atoms with van der Waals surface area (Å²) < 4.78 is 4.72. The van der Waals surface area contributed by atoms with Crippen LogP contribution in [0.25, 0.3) is 73.4 Å². The number of fused-ring (bicyclic) bond motifs is 4. The van der Waals surface area contributed by atoms with Gasteiger partial charge in [0.05, 0.1) is 22.2 Å². The van der Waals surface area contributed by atoms with Crippen molar-refractivity contribution in [3.05, 3.63) is 266 Å². The first-order chi connectivity index (χ1) is 34.6. The molecule has 2 aromatic heterocycles. The number of allylic oxidation sites excluding steroid dienone is 1. The van der Waals surface area contributed by atoms with Crippen molar-refractivity contribution in [2.45, 2.75) is 13.8 Å². The lowest BCUT2D eigenvalue weighted by molar-refractivity contribution is -0.0980. The molecule has 0 unspecified atom stereocenters. The average Bonchev–Trinajstić information content (AvgIpc) is 3.92. The Morgan fingerprint density at radius 3 is 1.56 bits per heavy atom. The molecule has 0 N–H and O–H groups in total. The van der Waals surface area contributed by atoms with Crippen molar-refractivity contribution in [1.82, 2.24) is 9.13 Å². The van der Waals surface area contributed by atoms with Crippen LogP contribution in [0.1, 0.15) is 29.3 Å². The standard InChI is InChI=1S/C64H50N4.CH2O/c1-4-16-61-59(57-21-12-14-23-62(57)67(61)55-35-27-47(5-2)28-36-55)43-44-65(50-17-8-6-9-18-50)51-37-29-48(30-38-51)49-31-39-53(40-32-49)66(52-19-10-7-11-20-52)56-41-42-64-60(45-56)58-22-13-15-24-63(58)68(64)54-33-25-46(3)26-34-54;1-2/h4-45H,2H2,1,3H3;1H2/b16-4-,44-43+;. The molecule has 2 heterocycles. The predicted molar refractivity (Wildman–Crippen MR) is 298 cm³/mol. The molecule has 0 aliphatic heterocycles. The van der Waals surface area contributed by atoms with Crippen LogP contribution in [0, 0.1) is 6.92 Å². The monoisotopic (exact) mass is 904 g/mol.